The number of hydrogen-bond donors (Lipinski definition) is 2. The summed E-state index contributed by atoms with van der Waals surface area (Å²) in [6.07, 6.45) is 6.67. The van der Waals surface area contributed by atoms with Gasteiger partial charge in [0, 0.05) is 18.6 Å². The Bertz CT molecular complexity index is 410. The number of fused-ring (bicyclic) bond motifs is 1. The van der Waals surface area contributed by atoms with Crippen LogP contribution in [0.1, 0.15) is 52.4 Å². The van der Waals surface area contributed by atoms with Gasteiger partial charge in [-0.2, -0.15) is 0 Å². The zero-order valence-electron chi connectivity index (χ0n) is 13.1. The molecule has 5 nitrogen and oxygen atoms in total. The van der Waals surface area contributed by atoms with Crippen LogP contribution in [0.15, 0.2) is 0 Å². The second-order valence-corrected chi connectivity index (χ2v) is 7.08. The molecule has 3 aliphatic rings. The maximum Gasteiger partial charge on any atom is 0.245 e. The van der Waals surface area contributed by atoms with E-state index in [0.717, 1.165) is 19.4 Å². The number of rotatable bonds is 3. The fourth-order valence-corrected chi connectivity index (χ4v) is 4.14. The van der Waals surface area contributed by atoms with Crippen molar-refractivity contribution in [3.63, 3.8) is 0 Å². The van der Waals surface area contributed by atoms with E-state index in [1.807, 2.05) is 18.7 Å². The topological polar surface area (TPSA) is 61.4 Å². The Morgan fingerprint density at radius 2 is 2.05 bits per heavy atom. The van der Waals surface area contributed by atoms with Crippen molar-refractivity contribution in [1.29, 1.82) is 0 Å². The molecular formula is C16H27N3O2. The van der Waals surface area contributed by atoms with Gasteiger partial charge in [-0.3, -0.25) is 9.59 Å². The Labute approximate surface area is 126 Å². The minimum absolute atomic E-state index is 0.0216. The number of carbonyl (C=O) groups excluding carboxylic acids is 2. The summed E-state index contributed by atoms with van der Waals surface area (Å²) >= 11 is 0. The summed E-state index contributed by atoms with van der Waals surface area (Å²) in [4.78, 5) is 26.5. The molecule has 21 heavy (non-hydrogen) atoms. The highest BCUT2D eigenvalue weighted by atomic mass is 16.2. The molecule has 1 aliphatic carbocycles. The zero-order valence-corrected chi connectivity index (χ0v) is 13.1. The quantitative estimate of drug-likeness (QED) is 0.817. The van der Waals surface area contributed by atoms with Crippen molar-refractivity contribution in [1.82, 2.24) is 15.5 Å². The lowest BCUT2D eigenvalue weighted by atomic mass is 9.85. The number of hydrogen-bond acceptors (Lipinski definition) is 3. The van der Waals surface area contributed by atoms with E-state index in [9.17, 15) is 9.59 Å². The summed E-state index contributed by atoms with van der Waals surface area (Å²) in [6, 6.07) is 0.316. The molecule has 2 amide bonds. The first kappa shape index (κ1) is 14.8. The molecule has 2 saturated heterocycles. The van der Waals surface area contributed by atoms with Crippen molar-refractivity contribution in [3.05, 3.63) is 0 Å². The first-order valence-corrected chi connectivity index (χ1v) is 8.43. The second-order valence-electron chi connectivity index (χ2n) is 7.08. The summed E-state index contributed by atoms with van der Waals surface area (Å²) in [7, 11) is 0. The Kier molecular flexibility index (Phi) is 4.20. The van der Waals surface area contributed by atoms with Crippen molar-refractivity contribution in [3.8, 4) is 0 Å². The molecule has 0 aromatic rings. The van der Waals surface area contributed by atoms with Crippen LogP contribution in [0.4, 0.5) is 0 Å². The van der Waals surface area contributed by atoms with E-state index in [0.29, 0.717) is 12.0 Å². The third-order valence-corrected chi connectivity index (χ3v) is 5.36. The lowest BCUT2D eigenvalue weighted by Crippen LogP contribution is -2.49. The third-order valence-electron chi connectivity index (χ3n) is 5.36. The number of likely N-dealkylation sites (tertiary alicyclic amines) is 1. The average Bonchev–Trinajstić information content (AvgIpc) is 3.03. The van der Waals surface area contributed by atoms with E-state index in [2.05, 4.69) is 10.6 Å². The molecule has 0 aromatic heterocycles. The molecule has 0 aromatic carbocycles. The Morgan fingerprint density at radius 1 is 1.29 bits per heavy atom. The summed E-state index contributed by atoms with van der Waals surface area (Å²) in [6.45, 7) is 4.79. The predicted molar refractivity (Wildman–Crippen MR) is 80.7 cm³/mol. The van der Waals surface area contributed by atoms with Crippen LogP contribution in [0.2, 0.25) is 0 Å². The molecule has 2 heterocycles. The molecule has 2 N–H and O–H groups in total. The number of nitrogens with one attached hydrogen (secondary N) is 2. The monoisotopic (exact) mass is 293 g/mol. The first-order valence-electron chi connectivity index (χ1n) is 8.43. The highest BCUT2D eigenvalue weighted by Gasteiger charge is 2.40. The molecule has 4 unspecified atom stereocenters. The molecule has 0 spiro atoms. The van der Waals surface area contributed by atoms with Crippen LogP contribution in [-0.4, -0.2) is 47.4 Å². The molecule has 3 rings (SSSR count). The SMILES string of the molecule is CC(C)N1CCC(NC(=O)C2CC3CCCCC3N2)C1=O. The number of nitrogens with zero attached hydrogens (tertiary/aromatic N) is 1. The van der Waals surface area contributed by atoms with Crippen LogP contribution < -0.4 is 10.6 Å². The van der Waals surface area contributed by atoms with E-state index < -0.39 is 0 Å². The van der Waals surface area contributed by atoms with Crippen molar-refractivity contribution < 1.29 is 9.59 Å². The maximum absolute atomic E-state index is 12.4. The lowest BCUT2D eigenvalue weighted by Gasteiger charge is -2.24. The zero-order chi connectivity index (χ0) is 15.0. The van der Waals surface area contributed by atoms with Gasteiger partial charge < -0.3 is 15.5 Å². The normalized spacial score (nSPS) is 36.1. The lowest BCUT2D eigenvalue weighted by molar-refractivity contribution is -0.134. The molecule has 1 saturated carbocycles. The number of carbonyl (C=O) groups is 2. The van der Waals surface area contributed by atoms with Gasteiger partial charge in [-0.25, -0.2) is 0 Å². The number of amides is 2. The standard InChI is InChI=1S/C16H27N3O2/c1-10(2)19-8-7-13(16(19)21)18-15(20)14-9-11-5-3-4-6-12(11)17-14/h10-14,17H,3-9H2,1-2H3,(H,18,20). The van der Waals surface area contributed by atoms with Gasteiger partial charge in [0.05, 0.1) is 6.04 Å². The smallest absolute Gasteiger partial charge is 0.245 e. The Balaban J connectivity index is 1.54. The van der Waals surface area contributed by atoms with Gasteiger partial charge in [0.25, 0.3) is 0 Å². The fraction of sp³-hybridized carbons (Fsp3) is 0.875. The molecule has 3 fully saturated rings. The minimum atomic E-state index is -0.315. The maximum atomic E-state index is 12.4. The third kappa shape index (κ3) is 2.93. The minimum Gasteiger partial charge on any atom is -0.343 e. The second kappa shape index (κ2) is 5.95. The summed E-state index contributed by atoms with van der Waals surface area (Å²) in [5, 5.41) is 6.45. The summed E-state index contributed by atoms with van der Waals surface area (Å²) < 4.78 is 0. The van der Waals surface area contributed by atoms with Crippen LogP contribution in [-0.2, 0) is 9.59 Å². The molecule has 4 atom stereocenters. The van der Waals surface area contributed by atoms with Crippen molar-refractivity contribution in [2.45, 2.75) is 76.5 Å². The van der Waals surface area contributed by atoms with Crippen molar-refractivity contribution in [2.24, 2.45) is 5.92 Å². The van der Waals surface area contributed by atoms with Crippen molar-refractivity contribution in [2.75, 3.05) is 6.54 Å². The first-order chi connectivity index (χ1) is 10.1. The Hall–Kier alpha value is -1.10. The van der Waals surface area contributed by atoms with Gasteiger partial charge in [-0.1, -0.05) is 12.8 Å². The van der Waals surface area contributed by atoms with Crippen LogP contribution in [0.25, 0.3) is 0 Å². The highest BCUT2D eigenvalue weighted by molar-refractivity contribution is 5.91. The summed E-state index contributed by atoms with van der Waals surface area (Å²) in [5.74, 6) is 0.753. The molecule has 0 bridgehead atoms. The molecule has 2 aliphatic heterocycles. The predicted octanol–water partition coefficient (Wildman–Crippen LogP) is 1.03. The van der Waals surface area contributed by atoms with Gasteiger partial charge in [-0.15, -0.1) is 0 Å². The van der Waals surface area contributed by atoms with Gasteiger partial charge in [-0.05, 0) is 45.4 Å². The van der Waals surface area contributed by atoms with Gasteiger partial charge in [0.1, 0.15) is 6.04 Å². The van der Waals surface area contributed by atoms with Gasteiger partial charge >= 0.3 is 0 Å². The molecular weight excluding hydrogens is 266 g/mol. The molecule has 5 heteroatoms. The van der Waals surface area contributed by atoms with Crippen molar-refractivity contribution >= 4 is 11.8 Å². The fourth-order valence-electron chi connectivity index (χ4n) is 4.14. The van der Waals surface area contributed by atoms with E-state index in [-0.39, 0.29) is 29.9 Å². The van der Waals surface area contributed by atoms with Gasteiger partial charge in [0.15, 0.2) is 0 Å². The van der Waals surface area contributed by atoms with Crippen LogP contribution in [0.5, 0.6) is 0 Å². The van der Waals surface area contributed by atoms with E-state index >= 15 is 0 Å². The van der Waals surface area contributed by atoms with E-state index in [1.54, 1.807) is 0 Å². The van der Waals surface area contributed by atoms with Crippen LogP contribution in [0.3, 0.4) is 0 Å². The average molecular weight is 293 g/mol. The van der Waals surface area contributed by atoms with E-state index in [1.165, 1.54) is 25.7 Å². The van der Waals surface area contributed by atoms with Crippen LogP contribution >= 0.6 is 0 Å². The van der Waals surface area contributed by atoms with Crippen LogP contribution in [0, 0.1) is 5.92 Å². The summed E-state index contributed by atoms with van der Waals surface area (Å²) in [5.41, 5.74) is 0. The Morgan fingerprint density at radius 3 is 2.71 bits per heavy atom. The molecule has 0 radical (unpaired) electrons. The largest absolute Gasteiger partial charge is 0.343 e. The molecule has 118 valence electrons. The highest BCUT2D eigenvalue weighted by Crippen LogP contribution is 2.33. The van der Waals surface area contributed by atoms with Gasteiger partial charge in [0.2, 0.25) is 11.8 Å². The van der Waals surface area contributed by atoms with E-state index in [4.69, 9.17) is 0 Å².